The number of hydrogen-bond donors (Lipinski definition) is 1. The molecule has 2 fully saturated rings. The van der Waals surface area contributed by atoms with Crippen LogP contribution in [0, 0.1) is 11.7 Å². The van der Waals surface area contributed by atoms with Crippen molar-refractivity contribution < 1.29 is 23.5 Å². The number of ether oxygens (including phenoxy) is 1. The zero-order valence-corrected chi connectivity index (χ0v) is 20.1. The molecule has 1 aromatic rings. The van der Waals surface area contributed by atoms with Crippen LogP contribution in [-0.2, 0) is 14.3 Å². The van der Waals surface area contributed by atoms with Gasteiger partial charge in [-0.05, 0) is 51.3 Å². The van der Waals surface area contributed by atoms with E-state index in [4.69, 9.17) is 4.74 Å². The second kappa shape index (κ2) is 10.1. The van der Waals surface area contributed by atoms with Crippen LogP contribution in [0.25, 0.3) is 0 Å². The van der Waals surface area contributed by atoms with Crippen LogP contribution in [0.5, 0.6) is 0 Å². The van der Waals surface area contributed by atoms with Gasteiger partial charge in [-0.1, -0.05) is 12.1 Å². The minimum Gasteiger partial charge on any atom is -0.463 e. The molecule has 1 aromatic carbocycles. The van der Waals surface area contributed by atoms with Gasteiger partial charge >= 0.3 is 12.0 Å². The summed E-state index contributed by atoms with van der Waals surface area (Å²) in [5.74, 6) is -0.472. The molecule has 1 aliphatic carbocycles. The number of benzene rings is 1. The van der Waals surface area contributed by atoms with Crippen LogP contribution in [0.15, 0.2) is 35.5 Å². The molecule has 1 saturated carbocycles. The molecule has 2 unspecified atom stereocenters. The maximum atomic E-state index is 13.6. The Balaban J connectivity index is 1.65. The Kier molecular flexibility index (Phi) is 7.21. The molecule has 9 heteroatoms. The van der Waals surface area contributed by atoms with E-state index in [0.29, 0.717) is 49.6 Å². The molecular formula is C25H33FN4O4. The molecule has 34 heavy (non-hydrogen) atoms. The fraction of sp³-hybridized carbons (Fsp3) is 0.560. The predicted molar refractivity (Wildman–Crippen MR) is 124 cm³/mol. The van der Waals surface area contributed by atoms with Gasteiger partial charge < -0.3 is 15.0 Å². The maximum absolute atomic E-state index is 13.6. The molecule has 1 N–H and O–H groups in total. The Labute approximate surface area is 199 Å². The molecule has 4 rings (SSSR count). The summed E-state index contributed by atoms with van der Waals surface area (Å²) in [5.41, 5.74) is 1.56. The number of nitrogens with zero attached hydrogens (tertiary/aromatic N) is 3. The number of halogens is 1. The molecule has 1 saturated heterocycles. The predicted octanol–water partition coefficient (Wildman–Crippen LogP) is 2.67. The van der Waals surface area contributed by atoms with E-state index in [2.05, 4.69) is 10.2 Å². The van der Waals surface area contributed by atoms with Gasteiger partial charge in [0.25, 0.3) is 0 Å². The highest BCUT2D eigenvalue weighted by Gasteiger charge is 2.40. The highest BCUT2D eigenvalue weighted by molar-refractivity contribution is 5.95. The Morgan fingerprint density at radius 3 is 2.44 bits per heavy atom. The summed E-state index contributed by atoms with van der Waals surface area (Å²) in [6, 6.07) is 4.78. The van der Waals surface area contributed by atoms with Gasteiger partial charge in [0.05, 0.1) is 18.2 Å². The van der Waals surface area contributed by atoms with Crippen LogP contribution in [-0.4, -0.2) is 78.0 Å². The quantitative estimate of drug-likeness (QED) is 0.617. The van der Waals surface area contributed by atoms with Crippen LogP contribution < -0.4 is 5.32 Å². The molecule has 0 aromatic heterocycles. The van der Waals surface area contributed by atoms with Gasteiger partial charge in [-0.25, -0.2) is 14.0 Å². The topological polar surface area (TPSA) is 82.2 Å². The fourth-order valence-corrected chi connectivity index (χ4v) is 4.84. The maximum Gasteiger partial charge on any atom is 0.338 e. The summed E-state index contributed by atoms with van der Waals surface area (Å²) in [4.78, 5) is 44.5. The van der Waals surface area contributed by atoms with Crippen molar-refractivity contribution in [2.75, 3.05) is 39.3 Å². The first kappa shape index (κ1) is 24.2. The fourth-order valence-electron chi connectivity index (χ4n) is 4.84. The number of carbonyl (C=O) groups is 3. The van der Waals surface area contributed by atoms with Crippen molar-refractivity contribution in [1.82, 2.24) is 20.0 Å². The van der Waals surface area contributed by atoms with Crippen LogP contribution in [0.3, 0.4) is 0 Å². The van der Waals surface area contributed by atoms with Gasteiger partial charge in [-0.2, -0.15) is 0 Å². The van der Waals surface area contributed by atoms with E-state index in [-0.39, 0.29) is 30.5 Å². The summed E-state index contributed by atoms with van der Waals surface area (Å²) >= 11 is 0. The number of amides is 3. The molecule has 0 radical (unpaired) electrons. The monoisotopic (exact) mass is 472 g/mol. The minimum atomic E-state index is -0.736. The molecule has 3 aliphatic rings. The third-order valence-corrected chi connectivity index (χ3v) is 6.75. The first-order chi connectivity index (χ1) is 16.3. The Morgan fingerprint density at radius 1 is 1.15 bits per heavy atom. The largest absolute Gasteiger partial charge is 0.463 e. The lowest BCUT2D eigenvalue weighted by molar-refractivity contribution is -0.139. The van der Waals surface area contributed by atoms with Gasteiger partial charge in [0.15, 0.2) is 0 Å². The summed E-state index contributed by atoms with van der Waals surface area (Å²) < 4.78 is 18.9. The van der Waals surface area contributed by atoms with Crippen LogP contribution in [0.1, 0.15) is 45.2 Å². The molecule has 2 atom stereocenters. The molecule has 2 heterocycles. The molecule has 0 spiro atoms. The Morgan fingerprint density at radius 2 is 1.85 bits per heavy atom. The number of nitrogens with one attached hydrogen (secondary N) is 1. The molecule has 184 valence electrons. The van der Waals surface area contributed by atoms with E-state index >= 15 is 0 Å². The standard InChI is InChI=1S/C25H33FN4O4/c1-4-29-20(15-28-12-13-30(16(3)14-28)23(31)18-6-7-18)21(24(32)34-5-2)22(27-25(29)33)17-8-10-19(26)11-9-17/h8-11,16,18,22H,4-7,12-15H2,1-3H3,(H,27,33). The lowest BCUT2D eigenvalue weighted by Gasteiger charge is -2.43. The molecule has 8 nitrogen and oxygen atoms in total. The van der Waals surface area contributed by atoms with Gasteiger partial charge in [0, 0.05) is 50.4 Å². The zero-order valence-electron chi connectivity index (χ0n) is 20.1. The summed E-state index contributed by atoms with van der Waals surface area (Å²) in [6.07, 6.45) is 1.96. The van der Waals surface area contributed by atoms with E-state index in [1.54, 1.807) is 24.0 Å². The first-order valence-corrected chi connectivity index (χ1v) is 12.1. The summed E-state index contributed by atoms with van der Waals surface area (Å²) in [6.45, 7) is 8.53. The second-order valence-electron chi connectivity index (χ2n) is 9.15. The van der Waals surface area contributed by atoms with Gasteiger partial charge in [-0.3, -0.25) is 14.6 Å². The van der Waals surface area contributed by atoms with Crippen molar-refractivity contribution in [3.05, 3.63) is 46.9 Å². The number of rotatable bonds is 7. The van der Waals surface area contributed by atoms with Crippen molar-refractivity contribution in [1.29, 1.82) is 0 Å². The van der Waals surface area contributed by atoms with Crippen LogP contribution >= 0.6 is 0 Å². The average molecular weight is 473 g/mol. The molecule has 3 amide bonds. The van der Waals surface area contributed by atoms with Gasteiger partial charge in [-0.15, -0.1) is 0 Å². The lowest BCUT2D eigenvalue weighted by Crippen LogP contribution is -2.56. The normalized spacial score (nSPS) is 23.7. The number of hydrogen-bond acceptors (Lipinski definition) is 5. The third kappa shape index (κ3) is 4.94. The molecular weight excluding hydrogens is 439 g/mol. The van der Waals surface area contributed by atoms with Crippen molar-refractivity contribution in [2.45, 2.75) is 45.7 Å². The summed E-state index contributed by atoms with van der Waals surface area (Å²) in [5, 5.41) is 2.89. The van der Waals surface area contributed by atoms with Gasteiger partial charge in [0.2, 0.25) is 5.91 Å². The number of piperazine rings is 1. The van der Waals surface area contributed by atoms with Crippen molar-refractivity contribution in [2.24, 2.45) is 5.92 Å². The Bertz CT molecular complexity index is 976. The van der Waals surface area contributed by atoms with Crippen LogP contribution in [0.4, 0.5) is 9.18 Å². The van der Waals surface area contributed by atoms with Crippen molar-refractivity contribution in [3.63, 3.8) is 0 Å². The van der Waals surface area contributed by atoms with Crippen molar-refractivity contribution >= 4 is 17.9 Å². The first-order valence-electron chi connectivity index (χ1n) is 12.1. The number of likely N-dealkylation sites (N-methyl/N-ethyl adjacent to an activating group) is 1. The van der Waals surface area contributed by atoms with Gasteiger partial charge in [0.1, 0.15) is 5.82 Å². The number of esters is 1. The van der Waals surface area contributed by atoms with E-state index in [0.717, 1.165) is 12.8 Å². The SMILES string of the molecule is CCOC(=O)C1=C(CN2CCN(C(=O)C3CC3)C(C)C2)N(CC)C(=O)NC1c1ccc(F)cc1. The number of carbonyl (C=O) groups excluding carboxylic acids is 3. The highest BCUT2D eigenvalue weighted by Crippen LogP contribution is 2.34. The molecule has 0 bridgehead atoms. The molecule has 2 aliphatic heterocycles. The highest BCUT2D eigenvalue weighted by atomic mass is 19.1. The van der Waals surface area contributed by atoms with Crippen molar-refractivity contribution in [3.8, 4) is 0 Å². The average Bonchev–Trinajstić information content (AvgIpc) is 3.65. The minimum absolute atomic E-state index is 0.0499. The van der Waals surface area contributed by atoms with E-state index in [1.165, 1.54) is 12.1 Å². The third-order valence-electron chi connectivity index (χ3n) is 6.75. The van der Waals surface area contributed by atoms with E-state index in [1.807, 2.05) is 18.7 Å². The zero-order chi connectivity index (χ0) is 24.4. The Hall–Kier alpha value is -2.94. The van der Waals surface area contributed by atoms with E-state index < -0.39 is 17.8 Å². The van der Waals surface area contributed by atoms with Crippen LogP contribution in [0.2, 0.25) is 0 Å². The summed E-state index contributed by atoms with van der Waals surface area (Å²) in [7, 11) is 0. The smallest absolute Gasteiger partial charge is 0.338 e. The van der Waals surface area contributed by atoms with E-state index in [9.17, 15) is 18.8 Å². The number of urea groups is 1. The lowest BCUT2D eigenvalue weighted by atomic mass is 9.94. The second-order valence-corrected chi connectivity index (χ2v) is 9.15.